The third-order valence-corrected chi connectivity index (χ3v) is 6.23. The fourth-order valence-corrected chi connectivity index (χ4v) is 4.33. The molecule has 1 aliphatic heterocycles. The number of rotatable bonds is 7. The summed E-state index contributed by atoms with van der Waals surface area (Å²) in [5, 5.41) is 42.5. The van der Waals surface area contributed by atoms with Crippen LogP contribution in [0.15, 0.2) is 78.9 Å². The van der Waals surface area contributed by atoms with Crippen molar-refractivity contribution in [3.63, 3.8) is 0 Å². The maximum Gasteiger partial charge on any atom is 0.339 e. The fraction of sp³-hybridized carbons (Fsp3) is 0.259. The zero-order chi connectivity index (χ0) is 25.7. The van der Waals surface area contributed by atoms with Crippen molar-refractivity contribution in [3.05, 3.63) is 95.6 Å². The normalized spacial score (nSPS) is 18.3. The molecule has 0 aliphatic carbocycles. The summed E-state index contributed by atoms with van der Waals surface area (Å²) >= 11 is 0. The Hall–Kier alpha value is -4.08. The number of amides is 3. The van der Waals surface area contributed by atoms with Gasteiger partial charge in [0.15, 0.2) is 0 Å². The number of hydrogen-bond acceptors (Lipinski definition) is 6. The number of phenols is 2. The molecule has 0 bridgehead atoms. The van der Waals surface area contributed by atoms with Crippen LogP contribution in [-0.4, -0.2) is 72.6 Å². The molecule has 4 N–H and O–H groups in total. The number of benzene rings is 3. The molecule has 2 atom stereocenters. The minimum absolute atomic E-state index is 0.0122. The van der Waals surface area contributed by atoms with Gasteiger partial charge in [0.2, 0.25) is 0 Å². The lowest BCUT2D eigenvalue weighted by Crippen LogP contribution is -2.53. The molecule has 1 heterocycles. The molecule has 1 aliphatic rings. The lowest BCUT2D eigenvalue weighted by Gasteiger charge is -2.36. The smallest absolute Gasteiger partial charge is 0.339 e. The van der Waals surface area contributed by atoms with E-state index in [-0.39, 0.29) is 31.1 Å². The van der Waals surface area contributed by atoms with Crippen LogP contribution in [0.4, 0.5) is 4.79 Å². The predicted molar refractivity (Wildman–Crippen MR) is 131 cm³/mol. The summed E-state index contributed by atoms with van der Waals surface area (Å²) in [4.78, 5) is 28.3. The number of hydrogen-bond donors (Lipinski definition) is 4. The second kappa shape index (κ2) is 11.1. The van der Waals surface area contributed by atoms with Gasteiger partial charge in [0.05, 0.1) is 25.2 Å². The second-order valence-corrected chi connectivity index (χ2v) is 8.76. The first kappa shape index (κ1) is 25.0. The molecule has 4 rings (SSSR count). The highest BCUT2D eigenvalue weighted by molar-refractivity contribution is 5.83. The van der Waals surface area contributed by atoms with E-state index in [0.717, 1.165) is 16.1 Å². The van der Waals surface area contributed by atoms with Gasteiger partial charge in [-0.25, -0.2) is 14.8 Å². The maximum atomic E-state index is 14.0. The number of carbonyl (C=O) groups is 2. The van der Waals surface area contributed by atoms with E-state index in [1.165, 1.54) is 34.2 Å². The van der Waals surface area contributed by atoms with Crippen LogP contribution in [0, 0.1) is 0 Å². The van der Waals surface area contributed by atoms with Crippen molar-refractivity contribution < 1.29 is 30.0 Å². The Kier molecular flexibility index (Phi) is 7.72. The Labute approximate surface area is 209 Å². The number of hydrazine groups is 1. The highest BCUT2D eigenvalue weighted by atomic mass is 16.3. The highest BCUT2D eigenvalue weighted by Crippen LogP contribution is 2.26. The molecule has 9 nitrogen and oxygen atoms in total. The molecule has 1 saturated heterocycles. The van der Waals surface area contributed by atoms with Gasteiger partial charge in [-0.3, -0.25) is 4.79 Å². The standard InChI is InChI=1S/C27H29N3O6/c31-18-26(35)29-17-25(34)24(14-19-4-2-1-3-5-19)28(15-20-6-10-22(32)11-7-20)27(36)30(29)16-21-8-12-23(33)13-9-21/h1-13,24-25,31-34H,14-18H2/t24-,25-/m1/s1. The van der Waals surface area contributed by atoms with Gasteiger partial charge in [0.1, 0.15) is 18.1 Å². The molecular formula is C27H29N3O6. The van der Waals surface area contributed by atoms with Crippen LogP contribution in [0.2, 0.25) is 0 Å². The molecule has 3 amide bonds. The maximum absolute atomic E-state index is 14.0. The molecule has 188 valence electrons. The zero-order valence-electron chi connectivity index (χ0n) is 19.6. The molecule has 9 heteroatoms. The van der Waals surface area contributed by atoms with Crippen LogP contribution >= 0.6 is 0 Å². The van der Waals surface area contributed by atoms with Crippen LogP contribution in [0.1, 0.15) is 16.7 Å². The number of aliphatic hydroxyl groups excluding tert-OH is 2. The van der Waals surface area contributed by atoms with Crippen molar-refractivity contribution in [2.24, 2.45) is 0 Å². The van der Waals surface area contributed by atoms with Crippen LogP contribution < -0.4 is 0 Å². The summed E-state index contributed by atoms with van der Waals surface area (Å²) in [5.41, 5.74) is 2.30. The summed E-state index contributed by atoms with van der Waals surface area (Å²) in [6, 6.07) is 20.9. The summed E-state index contributed by atoms with van der Waals surface area (Å²) < 4.78 is 0. The number of aliphatic hydroxyl groups is 2. The monoisotopic (exact) mass is 491 g/mol. The van der Waals surface area contributed by atoms with Crippen molar-refractivity contribution >= 4 is 11.9 Å². The van der Waals surface area contributed by atoms with Crippen LogP contribution in [0.25, 0.3) is 0 Å². The molecule has 0 aromatic heterocycles. The van der Waals surface area contributed by atoms with E-state index in [1.54, 1.807) is 24.3 Å². The van der Waals surface area contributed by atoms with Gasteiger partial charge in [-0.15, -0.1) is 0 Å². The van der Waals surface area contributed by atoms with Gasteiger partial charge >= 0.3 is 6.03 Å². The van der Waals surface area contributed by atoms with Gasteiger partial charge in [-0.1, -0.05) is 54.6 Å². The topological polar surface area (TPSA) is 125 Å². The SMILES string of the molecule is O=C(CO)N1C[C@@H](O)[C@@H](Cc2ccccc2)N(Cc2ccc(O)cc2)C(=O)N1Cc1ccc(O)cc1. The van der Waals surface area contributed by atoms with Gasteiger partial charge < -0.3 is 25.3 Å². The lowest BCUT2D eigenvalue weighted by molar-refractivity contribution is -0.150. The Bertz CT molecular complexity index is 1170. The van der Waals surface area contributed by atoms with E-state index in [2.05, 4.69) is 0 Å². The largest absolute Gasteiger partial charge is 0.508 e. The third-order valence-electron chi connectivity index (χ3n) is 6.23. The van der Waals surface area contributed by atoms with Crippen LogP contribution in [0.5, 0.6) is 11.5 Å². The van der Waals surface area contributed by atoms with E-state index >= 15 is 0 Å². The first-order chi connectivity index (χ1) is 17.4. The molecule has 1 fully saturated rings. The first-order valence-corrected chi connectivity index (χ1v) is 11.6. The number of phenolic OH excluding ortho intramolecular Hbond substituents is 2. The van der Waals surface area contributed by atoms with Crippen molar-refractivity contribution in [2.45, 2.75) is 31.7 Å². The fourth-order valence-electron chi connectivity index (χ4n) is 4.33. The predicted octanol–water partition coefficient (Wildman–Crippen LogP) is 2.24. The van der Waals surface area contributed by atoms with E-state index in [0.29, 0.717) is 12.0 Å². The summed E-state index contributed by atoms with van der Waals surface area (Å²) in [7, 11) is 0. The first-order valence-electron chi connectivity index (χ1n) is 11.6. The van der Waals surface area contributed by atoms with Crippen molar-refractivity contribution in [1.82, 2.24) is 14.9 Å². The Morgan fingerprint density at radius 2 is 1.36 bits per heavy atom. The minimum Gasteiger partial charge on any atom is -0.508 e. The minimum atomic E-state index is -1.11. The van der Waals surface area contributed by atoms with Crippen LogP contribution in [0.3, 0.4) is 0 Å². The molecule has 3 aromatic rings. The molecule has 36 heavy (non-hydrogen) atoms. The van der Waals surface area contributed by atoms with Crippen LogP contribution in [-0.2, 0) is 24.3 Å². The molecule has 0 saturated carbocycles. The Morgan fingerprint density at radius 1 is 0.806 bits per heavy atom. The van der Waals surface area contributed by atoms with E-state index < -0.39 is 30.7 Å². The van der Waals surface area contributed by atoms with Gasteiger partial charge in [0, 0.05) is 6.54 Å². The average Bonchev–Trinajstić information content (AvgIpc) is 2.98. The van der Waals surface area contributed by atoms with E-state index in [9.17, 15) is 30.0 Å². The zero-order valence-corrected chi connectivity index (χ0v) is 19.6. The van der Waals surface area contributed by atoms with E-state index in [4.69, 9.17) is 0 Å². The van der Waals surface area contributed by atoms with Crippen molar-refractivity contribution in [3.8, 4) is 11.5 Å². The van der Waals surface area contributed by atoms with Gasteiger partial charge in [-0.2, -0.15) is 0 Å². The van der Waals surface area contributed by atoms with Crippen molar-refractivity contribution in [2.75, 3.05) is 13.2 Å². The number of carbonyl (C=O) groups excluding carboxylic acids is 2. The Balaban J connectivity index is 1.74. The van der Waals surface area contributed by atoms with E-state index in [1.807, 2.05) is 30.3 Å². The number of nitrogens with zero attached hydrogens (tertiary/aromatic N) is 3. The Morgan fingerprint density at radius 3 is 1.92 bits per heavy atom. The molecule has 3 aromatic carbocycles. The number of β-amino-alcohol motifs (C(OH)–C–C–N with tert-alkyl or cyclic N) is 1. The quantitative estimate of drug-likeness (QED) is 0.402. The van der Waals surface area contributed by atoms with Gasteiger partial charge in [0.25, 0.3) is 5.91 Å². The summed E-state index contributed by atoms with van der Waals surface area (Å²) in [5.74, 6) is -0.557. The number of aromatic hydroxyl groups is 2. The molecule has 0 radical (unpaired) electrons. The third kappa shape index (κ3) is 5.76. The van der Waals surface area contributed by atoms with Crippen molar-refractivity contribution in [1.29, 1.82) is 0 Å². The highest BCUT2D eigenvalue weighted by Gasteiger charge is 2.41. The lowest BCUT2D eigenvalue weighted by atomic mass is 9.99. The summed E-state index contributed by atoms with van der Waals surface area (Å²) in [6.45, 7) is -0.900. The average molecular weight is 492 g/mol. The summed E-state index contributed by atoms with van der Waals surface area (Å²) in [6.07, 6.45) is -0.758. The number of urea groups is 1. The molecule has 0 unspecified atom stereocenters. The second-order valence-electron chi connectivity index (χ2n) is 8.76. The molecular weight excluding hydrogens is 462 g/mol. The van der Waals surface area contributed by atoms with Gasteiger partial charge in [-0.05, 0) is 47.4 Å². The molecule has 0 spiro atoms.